The molecule has 3 aromatic rings. The molecule has 1 aromatic heterocycles. The highest BCUT2D eigenvalue weighted by atomic mass is 32.1. The van der Waals surface area contributed by atoms with Crippen LogP contribution in [0.4, 0.5) is 18.3 Å². The minimum atomic E-state index is -4.39. The first-order chi connectivity index (χ1) is 13.8. The van der Waals surface area contributed by atoms with Gasteiger partial charge in [0.15, 0.2) is 10.9 Å². The zero-order chi connectivity index (χ0) is 20.9. The molecule has 3 rings (SSSR count). The number of ketones is 1. The van der Waals surface area contributed by atoms with E-state index in [1.807, 2.05) is 6.07 Å². The highest BCUT2D eigenvalue weighted by Gasteiger charge is 2.30. The minimum absolute atomic E-state index is 0.0241. The molecule has 4 nitrogen and oxygen atoms in total. The molecule has 0 saturated heterocycles. The van der Waals surface area contributed by atoms with E-state index in [9.17, 15) is 22.8 Å². The zero-order valence-electron chi connectivity index (χ0n) is 15.2. The summed E-state index contributed by atoms with van der Waals surface area (Å²) in [5.41, 5.74) is 0.365. The number of benzene rings is 2. The molecule has 1 amide bonds. The van der Waals surface area contributed by atoms with Crippen molar-refractivity contribution in [3.05, 3.63) is 82.4 Å². The number of alkyl halides is 3. The predicted molar refractivity (Wildman–Crippen MR) is 105 cm³/mol. The SMILES string of the molecule is O=C(CCC(=O)c1ccccc1)Nc1ncc(Cc2cccc(C(F)(F)F)c2)s1. The minimum Gasteiger partial charge on any atom is -0.302 e. The summed E-state index contributed by atoms with van der Waals surface area (Å²) in [6.07, 6.45) is -2.48. The third kappa shape index (κ3) is 5.99. The van der Waals surface area contributed by atoms with Crippen LogP contribution in [0.3, 0.4) is 0 Å². The van der Waals surface area contributed by atoms with Crippen molar-refractivity contribution in [1.29, 1.82) is 0 Å². The van der Waals surface area contributed by atoms with Gasteiger partial charge in [0, 0.05) is 35.9 Å². The molecular weight excluding hydrogens is 401 g/mol. The van der Waals surface area contributed by atoms with Crippen LogP contribution in [0.5, 0.6) is 0 Å². The summed E-state index contributed by atoms with van der Waals surface area (Å²) in [4.78, 5) is 28.9. The fourth-order valence-corrected chi connectivity index (χ4v) is 3.55. The summed E-state index contributed by atoms with van der Waals surface area (Å²) in [6, 6.07) is 13.8. The van der Waals surface area contributed by atoms with Crippen LogP contribution in [-0.4, -0.2) is 16.7 Å². The Morgan fingerprint density at radius 1 is 1.00 bits per heavy atom. The van der Waals surface area contributed by atoms with Crippen molar-refractivity contribution < 1.29 is 22.8 Å². The number of carbonyl (C=O) groups is 2. The average molecular weight is 418 g/mol. The van der Waals surface area contributed by atoms with Crippen molar-refractivity contribution in [2.45, 2.75) is 25.4 Å². The number of hydrogen-bond donors (Lipinski definition) is 1. The molecule has 0 aliphatic rings. The van der Waals surface area contributed by atoms with Gasteiger partial charge >= 0.3 is 6.18 Å². The van der Waals surface area contributed by atoms with Crippen LogP contribution in [0.15, 0.2) is 60.8 Å². The van der Waals surface area contributed by atoms with Gasteiger partial charge in [0.1, 0.15) is 0 Å². The standard InChI is InChI=1S/C21H17F3N2O2S/c22-21(23,24)16-8-4-5-14(11-16)12-17-13-25-20(29-17)26-19(28)10-9-18(27)15-6-2-1-3-7-15/h1-8,11,13H,9-10,12H2,(H,25,26,28). The molecule has 8 heteroatoms. The maximum Gasteiger partial charge on any atom is 0.416 e. The number of thiazole rings is 1. The molecule has 1 N–H and O–H groups in total. The lowest BCUT2D eigenvalue weighted by atomic mass is 10.1. The second-order valence-corrected chi connectivity index (χ2v) is 7.46. The number of nitrogens with one attached hydrogen (secondary N) is 1. The molecule has 1 heterocycles. The lowest BCUT2D eigenvalue weighted by molar-refractivity contribution is -0.137. The van der Waals surface area contributed by atoms with Gasteiger partial charge in [0.05, 0.1) is 5.56 Å². The van der Waals surface area contributed by atoms with E-state index in [-0.39, 0.29) is 31.0 Å². The van der Waals surface area contributed by atoms with Crippen LogP contribution >= 0.6 is 11.3 Å². The molecule has 0 saturated carbocycles. The molecule has 0 fully saturated rings. The lowest BCUT2D eigenvalue weighted by Gasteiger charge is -2.07. The highest BCUT2D eigenvalue weighted by Crippen LogP contribution is 2.30. The first-order valence-electron chi connectivity index (χ1n) is 8.80. The Morgan fingerprint density at radius 3 is 2.48 bits per heavy atom. The van der Waals surface area contributed by atoms with Crippen molar-refractivity contribution in [2.24, 2.45) is 0 Å². The van der Waals surface area contributed by atoms with Crippen LogP contribution in [0.25, 0.3) is 0 Å². The van der Waals surface area contributed by atoms with E-state index in [1.165, 1.54) is 23.6 Å². The van der Waals surface area contributed by atoms with Crippen molar-refractivity contribution in [3.8, 4) is 0 Å². The van der Waals surface area contributed by atoms with Crippen molar-refractivity contribution in [3.63, 3.8) is 0 Å². The summed E-state index contributed by atoms with van der Waals surface area (Å²) >= 11 is 1.19. The normalized spacial score (nSPS) is 11.3. The monoisotopic (exact) mass is 418 g/mol. The summed E-state index contributed by atoms with van der Waals surface area (Å²) in [5.74, 6) is -0.459. The van der Waals surface area contributed by atoms with Gasteiger partial charge < -0.3 is 5.32 Å². The van der Waals surface area contributed by atoms with E-state index in [0.717, 1.165) is 17.0 Å². The first kappa shape index (κ1) is 20.7. The fourth-order valence-electron chi connectivity index (χ4n) is 2.68. The van der Waals surface area contributed by atoms with Crippen LogP contribution < -0.4 is 5.32 Å². The highest BCUT2D eigenvalue weighted by molar-refractivity contribution is 7.15. The van der Waals surface area contributed by atoms with Crippen LogP contribution in [-0.2, 0) is 17.4 Å². The second kappa shape index (κ2) is 9.00. The summed E-state index contributed by atoms with van der Waals surface area (Å²) in [5, 5.41) is 2.98. The summed E-state index contributed by atoms with van der Waals surface area (Å²) < 4.78 is 38.4. The second-order valence-electron chi connectivity index (χ2n) is 6.34. The van der Waals surface area contributed by atoms with Gasteiger partial charge in [-0.15, -0.1) is 11.3 Å². The van der Waals surface area contributed by atoms with Crippen molar-refractivity contribution in [1.82, 2.24) is 4.98 Å². The van der Waals surface area contributed by atoms with Crippen LogP contribution in [0, 0.1) is 0 Å². The quantitative estimate of drug-likeness (QED) is 0.526. The number of hydrogen-bond acceptors (Lipinski definition) is 4. The maximum atomic E-state index is 12.8. The third-order valence-corrected chi connectivity index (χ3v) is 5.02. The van der Waals surface area contributed by atoms with Crippen LogP contribution in [0.2, 0.25) is 0 Å². The van der Waals surface area contributed by atoms with E-state index in [0.29, 0.717) is 16.3 Å². The molecule has 0 radical (unpaired) electrons. The van der Waals surface area contributed by atoms with Gasteiger partial charge in [-0.3, -0.25) is 9.59 Å². The van der Waals surface area contributed by atoms with Gasteiger partial charge in [-0.25, -0.2) is 4.98 Å². The van der Waals surface area contributed by atoms with Gasteiger partial charge in [-0.05, 0) is 11.6 Å². The number of rotatable bonds is 7. The number of amides is 1. The summed E-state index contributed by atoms with van der Waals surface area (Å²) in [7, 11) is 0. The van der Waals surface area contributed by atoms with Crippen molar-refractivity contribution >= 4 is 28.2 Å². The largest absolute Gasteiger partial charge is 0.416 e. The Morgan fingerprint density at radius 2 is 1.76 bits per heavy atom. The van der Waals surface area contributed by atoms with Crippen molar-refractivity contribution in [2.75, 3.05) is 5.32 Å². The van der Waals surface area contributed by atoms with Gasteiger partial charge in [0.2, 0.25) is 5.91 Å². The molecule has 29 heavy (non-hydrogen) atoms. The van der Waals surface area contributed by atoms with E-state index in [4.69, 9.17) is 0 Å². The molecule has 0 atom stereocenters. The molecule has 0 bridgehead atoms. The fraction of sp³-hybridized carbons (Fsp3) is 0.190. The molecule has 0 unspecified atom stereocenters. The van der Waals surface area contributed by atoms with E-state index in [2.05, 4.69) is 10.3 Å². The van der Waals surface area contributed by atoms with E-state index < -0.39 is 11.7 Å². The van der Waals surface area contributed by atoms with Crippen LogP contribution in [0.1, 0.15) is 39.2 Å². The van der Waals surface area contributed by atoms with Gasteiger partial charge in [-0.1, -0.05) is 48.5 Å². The molecule has 0 aliphatic carbocycles. The molecule has 0 spiro atoms. The summed E-state index contributed by atoms with van der Waals surface area (Å²) in [6.45, 7) is 0. The zero-order valence-corrected chi connectivity index (χ0v) is 16.0. The number of aromatic nitrogens is 1. The topological polar surface area (TPSA) is 59.1 Å². The van der Waals surface area contributed by atoms with E-state index in [1.54, 1.807) is 30.3 Å². The number of Topliss-reactive ketones (excluding diaryl/α,β-unsaturated/α-hetero) is 1. The Hall–Kier alpha value is -3.00. The Bertz CT molecular complexity index is 1000. The van der Waals surface area contributed by atoms with Gasteiger partial charge in [-0.2, -0.15) is 13.2 Å². The molecule has 150 valence electrons. The number of carbonyl (C=O) groups excluding carboxylic acids is 2. The smallest absolute Gasteiger partial charge is 0.302 e. The Balaban J connectivity index is 1.54. The van der Waals surface area contributed by atoms with E-state index >= 15 is 0 Å². The molecular formula is C21H17F3N2O2S. The third-order valence-electron chi connectivity index (χ3n) is 4.11. The Kier molecular flexibility index (Phi) is 6.43. The maximum absolute atomic E-state index is 12.8. The number of nitrogens with zero attached hydrogens (tertiary/aromatic N) is 1. The molecule has 0 aliphatic heterocycles. The average Bonchev–Trinajstić information content (AvgIpc) is 3.13. The first-order valence-corrected chi connectivity index (χ1v) is 9.62. The predicted octanol–water partition coefficient (Wildman–Crippen LogP) is 5.35. The van der Waals surface area contributed by atoms with Gasteiger partial charge in [0.25, 0.3) is 0 Å². The number of anilines is 1. The lowest BCUT2D eigenvalue weighted by Crippen LogP contribution is -2.13. The molecule has 2 aromatic carbocycles. The Labute approximate surface area is 169 Å². The number of halogens is 3.